The number of aliphatic hydroxyl groups excluding tert-OH is 1. The van der Waals surface area contributed by atoms with Crippen molar-refractivity contribution in [3.8, 4) is 0 Å². The minimum atomic E-state index is -0.264. The van der Waals surface area contributed by atoms with Gasteiger partial charge >= 0.3 is 17.9 Å². The zero-order valence-electron chi connectivity index (χ0n) is 39.1. The summed E-state index contributed by atoms with van der Waals surface area (Å²) in [6.07, 6.45) is 38.1. The number of nitrogens with one attached hydrogen (secondary N) is 1. The molecule has 1 aliphatic rings. The smallest absolute Gasteiger partial charge is 0.323 e. The Balaban J connectivity index is 2.28. The van der Waals surface area contributed by atoms with Crippen LogP contribution in [0.3, 0.4) is 0 Å². The van der Waals surface area contributed by atoms with E-state index < -0.39 is 0 Å². The quantitative estimate of drug-likeness (QED) is 0.0352. The third kappa shape index (κ3) is 33.6. The molecule has 1 fully saturated rings. The maximum absolute atomic E-state index is 13.2. The number of rotatable bonds is 44. The van der Waals surface area contributed by atoms with E-state index in [1.165, 1.54) is 109 Å². The van der Waals surface area contributed by atoms with Crippen LogP contribution in [0, 0.1) is 0 Å². The Hall–Kier alpha value is -1.71. The predicted molar refractivity (Wildman–Crippen MR) is 245 cm³/mol. The van der Waals surface area contributed by atoms with Gasteiger partial charge in [0.25, 0.3) is 0 Å². The fourth-order valence-corrected chi connectivity index (χ4v) is 8.34. The van der Waals surface area contributed by atoms with Crippen molar-refractivity contribution in [3.05, 3.63) is 0 Å². The molecule has 0 bridgehead atoms. The molecular formula is C50H96N2O7. The van der Waals surface area contributed by atoms with Gasteiger partial charge in [0.05, 0.1) is 13.2 Å². The van der Waals surface area contributed by atoms with Crippen molar-refractivity contribution in [2.75, 3.05) is 39.5 Å². The molecule has 0 amide bonds. The molecule has 9 nitrogen and oxygen atoms in total. The van der Waals surface area contributed by atoms with E-state index in [1.54, 1.807) is 0 Å². The van der Waals surface area contributed by atoms with Gasteiger partial charge in [-0.1, -0.05) is 162 Å². The van der Waals surface area contributed by atoms with Gasteiger partial charge in [0.2, 0.25) is 0 Å². The van der Waals surface area contributed by atoms with Crippen LogP contribution in [-0.2, 0) is 28.6 Å². The molecule has 1 saturated heterocycles. The second-order valence-electron chi connectivity index (χ2n) is 17.7. The Bertz CT molecular complexity index is 950. The number of nitrogens with zero attached hydrogens (tertiary/aromatic N) is 1. The number of esters is 3. The highest BCUT2D eigenvalue weighted by molar-refractivity contribution is 5.76. The van der Waals surface area contributed by atoms with Crippen molar-refractivity contribution in [2.24, 2.45) is 0 Å². The molecule has 0 aromatic heterocycles. The zero-order chi connectivity index (χ0) is 42.9. The largest absolute Gasteiger partial charge is 0.466 e. The number of hydrogen-bond donors (Lipinski definition) is 2. The molecule has 0 spiro atoms. The SMILES string of the molecule is CCCCCCCCCCCOC(=O)CCCCCN1CC(NCCCO)C[C@H]1C(=O)OCCCCCCCC(=O)OC(CCCCCCCC)CCCCCCCC. The van der Waals surface area contributed by atoms with E-state index in [9.17, 15) is 19.5 Å². The lowest BCUT2D eigenvalue weighted by Crippen LogP contribution is -2.38. The fraction of sp³-hybridized carbons (Fsp3) is 0.940. The first-order chi connectivity index (χ1) is 28.9. The molecule has 9 heteroatoms. The van der Waals surface area contributed by atoms with Crippen LogP contribution in [0.5, 0.6) is 0 Å². The van der Waals surface area contributed by atoms with Crippen LogP contribution in [0.4, 0.5) is 0 Å². The van der Waals surface area contributed by atoms with Crippen LogP contribution >= 0.6 is 0 Å². The van der Waals surface area contributed by atoms with Gasteiger partial charge in [-0.3, -0.25) is 19.3 Å². The van der Waals surface area contributed by atoms with Gasteiger partial charge in [-0.25, -0.2) is 0 Å². The Morgan fingerprint density at radius 2 is 1.02 bits per heavy atom. The maximum Gasteiger partial charge on any atom is 0.323 e. The number of aliphatic hydroxyl groups is 1. The molecule has 59 heavy (non-hydrogen) atoms. The van der Waals surface area contributed by atoms with Gasteiger partial charge in [-0.2, -0.15) is 0 Å². The van der Waals surface area contributed by atoms with Crippen LogP contribution in [-0.4, -0.2) is 85.6 Å². The van der Waals surface area contributed by atoms with E-state index in [1.807, 2.05) is 0 Å². The molecule has 2 N–H and O–H groups in total. The van der Waals surface area contributed by atoms with Gasteiger partial charge in [-0.15, -0.1) is 0 Å². The van der Waals surface area contributed by atoms with E-state index in [2.05, 4.69) is 31.0 Å². The minimum absolute atomic E-state index is 0.0340. The zero-order valence-corrected chi connectivity index (χ0v) is 39.1. The van der Waals surface area contributed by atoms with Crippen LogP contribution in [0.2, 0.25) is 0 Å². The Morgan fingerprint density at radius 1 is 0.559 bits per heavy atom. The Labute approximate surface area is 364 Å². The van der Waals surface area contributed by atoms with Gasteiger partial charge in [0, 0.05) is 32.0 Å². The third-order valence-electron chi connectivity index (χ3n) is 12.1. The monoisotopic (exact) mass is 837 g/mol. The summed E-state index contributed by atoms with van der Waals surface area (Å²) in [7, 11) is 0. The molecule has 348 valence electrons. The van der Waals surface area contributed by atoms with Crippen LogP contribution in [0.25, 0.3) is 0 Å². The molecule has 0 aliphatic carbocycles. The van der Waals surface area contributed by atoms with E-state index in [0.29, 0.717) is 38.9 Å². The van der Waals surface area contributed by atoms with E-state index in [0.717, 1.165) is 110 Å². The summed E-state index contributed by atoms with van der Waals surface area (Å²) >= 11 is 0. The maximum atomic E-state index is 13.2. The van der Waals surface area contributed by atoms with Crippen molar-refractivity contribution in [2.45, 2.75) is 264 Å². The minimum Gasteiger partial charge on any atom is -0.466 e. The predicted octanol–water partition coefficient (Wildman–Crippen LogP) is 12.3. The molecule has 0 radical (unpaired) electrons. The normalized spacial score (nSPS) is 15.6. The number of carbonyl (C=O) groups is 3. The molecule has 0 aromatic rings. The number of ether oxygens (including phenoxy) is 3. The average molecular weight is 837 g/mol. The Kier molecular flexibility index (Phi) is 39.0. The molecule has 1 heterocycles. The highest BCUT2D eigenvalue weighted by atomic mass is 16.5. The van der Waals surface area contributed by atoms with E-state index >= 15 is 0 Å². The Morgan fingerprint density at radius 3 is 1.56 bits per heavy atom. The first-order valence-corrected chi connectivity index (χ1v) is 25.5. The van der Waals surface area contributed by atoms with Crippen molar-refractivity contribution >= 4 is 17.9 Å². The molecule has 2 atom stereocenters. The lowest BCUT2D eigenvalue weighted by Gasteiger charge is -2.22. The molecular weight excluding hydrogens is 741 g/mol. The highest BCUT2D eigenvalue weighted by Crippen LogP contribution is 2.22. The first kappa shape index (κ1) is 55.3. The number of carbonyl (C=O) groups excluding carboxylic acids is 3. The molecule has 0 saturated carbocycles. The van der Waals surface area contributed by atoms with Crippen LogP contribution in [0.1, 0.15) is 245 Å². The van der Waals surface area contributed by atoms with Crippen LogP contribution < -0.4 is 5.32 Å². The topological polar surface area (TPSA) is 114 Å². The van der Waals surface area contributed by atoms with Gasteiger partial charge in [0.15, 0.2) is 0 Å². The van der Waals surface area contributed by atoms with Crippen molar-refractivity contribution in [1.82, 2.24) is 10.2 Å². The standard InChI is InChI=1S/C50H96N2O7/c1-4-7-10-13-16-17-18-23-31-41-57-48(54)36-29-25-30-39-52-44-45(51-38-33-40-53)43-47(52)50(56)58-42-32-24-19-22-28-37-49(55)59-46(34-26-20-14-11-8-5-2)35-27-21-15-12-9-6-3/h45-47,51,53H,4-44H2,1-3H3/t45?,47-/m0/s1. The van der Waals surface area contributed by atoms with Gasteiger partial charge in [-0.05, 0) is 83.7 Å². The summed E-state index contributed by atoms with van der Waals surface area (Å²) in [6, 6.07) is -0.0666. The summed E-state index contributed by atoms with van der Waals surface area (Å²) in [5, 5.41) is 12.7. The highest BCUT2D eigenvalue weighted by Gasteiger charge is 2.37. The summed E-state index contributed by atoms with van der Waals surface area (Å²) < 4.78 is 17.3. The van der Waals surface area contributed by atoms with Gasteiger partial charge in [0.1, 0.15) is 12.1 Å². The van der Waals surface area contributed by atoms with Crippen LogP contribution in [0.15, 0.2) is 0 Å². The molecule has 1 aliphatic heterocycles. The third-order valence-corrected chi connectivity index (χ3v) is 12.1. The lowest BCUT2D eigenvalue weighted by molar-refractivity contribution is -0.150. The number of likely N-dealkylation sites (tertiary alicyclic amines) is 1. The number of hydrogen-bond acceptors (Lipinski definition) is 9. The molecule has 0 aromatic carbocycles. The first-order valence-electron chi connectivity index (χ1n) is 25.5. The summed E-state index contributed by atoms with van der Waals surface area (Å²) in [5.74, 6) is -0.270. The summed E-state index contributed by atoms with van der Waals surface area (Å²) in [4.78, 5) is 40.5. The summed E-state index contributed by atoms with van der Waals surface area (Å²) in [5.41, 5.74) is 0. The van der Waals surface area contributed by atoms with Crippen molar-refractivity contribution in [1.29, 1.82) is 0 Å². The lowest BCUT2D eigenvalue weighted by atomic mass is 10.0. The second-order valence-corrected chi connectivity index (χ2v) is 17.7. The van der Waals surface area contributed by atoms with Gasteiger partial charge < -0.3 is 24.6 Å². The summed E-state index contributed by atoms with van der Waals surface area (Å²) in [6.45, 7) is 10.2. The van der Waals surface area contributed by atoms with Crippen molar-refractivity contribution in [3.63, 3.8) is 0 Å². The number of unbranched alkanes of at least 4 members (excludes halogenated alkanes) is 24. The molecule has 1 unspecified atom stereocenters. The van der Waals surface area contributed by atoms with E-state index in [-0.39, 0.29) is 42.7 Å². The fourth-order valence-electron chi connectivity index (χ4n) is 8.34. The molecule has 1 rings (SSSR count). The van der Waals surface area contributed by atoms with E-state index in [4.69, 9.17) is 14.2 Å². The second kappa shape index (κ2) is 41.6. The van der Waals surface area contributed by atoms with Crippen molar-refractivity contribution < 1.29 is 33.7 Å². The average Bonchev–Trinajstić information content (AvgIpc) is 3.64.